The van der Waals surface area contributed by atoms with Gasteiger partial charge in [-0.15, -0.1) is 5.10 Å². The fraction of sp³-hybridized carbons (Fsp3) is 0. The molecule has 0 bridgehead atoms. The average Bonchev–Trinajstić information content (AvgIpc) is 2.30. The molecule has 0 unspecified atom stereocenters. The van der Waals surface area contributed by atoms with Gasteiger partial charge >= 0.3 is 0 Å². The Balaban J connectivity index is 2.33. The third-order valence-electron chi connectivity index (χ3n) is 1.93. The minimum Gasteiger partial charge on any atom is -0.508 e. The minimum atomic E-state index is -0.205. The van der Waals surface area contributed by atoms with Crippen LogP contribution in [0.25, 0.3) is 0 Å². The summed E-state index contributed by atoms with van der Waals surface area (Å²) in [5, 5.41) is 16.4. The van der Waals surface area contributed by atoms with Crippen LogP contribution in [0.15, 0.2) is 42.6 Å². The first-order valence-corrected chi connectivity index (χ1v) is 4.39. The number of phenolic OH excluding ortho intramolecular Hbond substituents is 1. The van der Waals surface area contributed by atoms with Crippen molar-refractivity contribution in [1.82, 2.24) is 10.2 Å². The van der Waals surface area contributed by atoms with Crippen LogP contribution in [0.3, 0.4) is 0 Å². The van der Waals surface area contributed by atoms with Gasteiger partial charge in [0.1, 0.15) is 11.4 Å². The molecule has 0 spiro atoms. The monoisotopic (exact) mass is 200 g/mol. The van der Waals surface area contributed by atoms with Crippen molar-refractivity contribution in [2.45, 2.75) is 0 Å². The van der Waals surface area contributed by atoms with Crippen molar-refractivity contribution in [2.75, 3.05) is 0 Å². The van der Waals surface area contributed by atoms with Crippen LogP contribution in [0.5, 0.6) is 5.75 Å². The van der Waals surface area contributed by atoms with Crippen molar-refractivity contribution < 1.29 is 9.90 Å². The van der Waals surface area contributed by atoms with Crippen LogP contribution in [0.2, 0.25) is 0 Å². The normalized spacial score (nSPS) is 9.87. The van der Waals surface area contributed by atoms with Crippen LogP contribution in [0.4, 0.5) is 0 Å². The maximum atomic E-state index is 11.8. The van der Waals surface area contributed by atoms with Crippen molar-refractivity contribution >= 4 is 5.78 Å². The molecule has 0 aliphatic carbocycles. The number of benzene rings is 1. The lowest BCUT2D eigenvalue weighted by Crippen LogP contribution is -2.04. The highest BCUT2D eigenvalue weighted by atomic mass is 16.3. The van der Waals surface area contributed by atoms with E-state index in [9.17, 15) is 4.79 Å². The third-order valence-corrected chi connectivity index (χ3v) is 1.93. The summed E-state index contributed by atoms with van der Waals surface area (Å²) in [6, 6.07) is 9.27. The number of aromatic hydroxyl groups is 1. The van der Waals surface area contributed by atoms with Gasteiger partial charge in [0.2, 0.25) is 5.78 Å². The van der Waals surface area contributed by atoms with E-state index in [1.165, 1.54) is 18.3 Å². The average molecular weight is 200 g/mol. The second kappa shape index (κ2) is 3.88. The van der Waals surface area contributed by atoms with Gasteiger partial charge in [0, 0.05) is 11.8 Å². The van der Waals surface area contributed by atoms with Gasteiger partial charge in [-0.1, -0.05) is 0 Å². The fourth-order valence-electron chi connectivity index (χ4n) is 1.18. The number of ketones is 1. The summed E-state index contributed by atoms with van der Waals surface area (Å²) in [5.41, 5.74) is 0.775. The standard InChI is InChI=1S/C11H8N2O2/c14-9-5-3-8(4-6-9)11(15)10-2-1-7-12-13-10/h1-7,14H. The number of rotatable bonds is 2. The van der Waals surface area contributed by atoms with Crippen LogP contribution in [0.1, 0.15) is 16.1 Å². The maximum absolute atomic E-state index is 11.8. The molecule has 0 saturated carbocycles. The van der Waals surface area contributed by atoms with E-state index < -0.39 is 0 Å². The summed E-state index contributed by atoms with van der Waals surface area (Å²) in [7, 11) is 0. The van der Waals surface area contributed by atoms with E-state index in [-0.39, 0.29) is 11.5 Å². The van der Waals surface area contributed by atoms with Gasteiger partial charge in [-0.3, -0.25) is 4.79 Å². The Bertz CT molecular complexity index is 466. The lowest BCUT2D eigenvalue weighted by Gasteiger charge is -1.98. The quantitative estimate of drug-likeness (QED) is 0.744. The molecule has 1 heterocycles. The molecule has 0 aliphatic heterocycles. The second-order valence-corrected chi connectivity index (χ2v) is 2.98. The van der Waals surface area contributed by atoms with Crippen molar-refractivity contribution in [3.63, 3.8) is 0 Å². The van der Waals surface area contributed by atoms with E-state index in [0.29, 0.717) is 11.3 Å². The summed E-state index contributed by atoms with van der Waals surface area (Å²) in [4.78, 5) is 11.8. The number of carbonyl (C=O) groups is 1. The molecule has 15 heavy (non-hydrogen) atoms. The summed E-state index contributed by atoms with van der Waals surface area (Å²) in [6.07, 6.45) is 1.51. The predicted molar refractivity (Wildman–Crippen MR) is 53.6 cm³/mol. The number of nitrogens with zero attached hydrogens (tertiary/aromatic N) is 2. The topological polar surface area (TPSA) is 63.1 Å². The second-order valence-electron chi connectivity index (χ2n) is 2.98. The molecule has 0 atom stereocenters. The lowest BCUT2D eigenvalue weighted by atomic mass is 10.1. The summed E-state index contributed by atoms with van der Waals surface area (Å²) >= 11 is 0. The van der Waals surface area contributed by atoms with Crippen molar-refractivity contribution in [2.24, 2.45) is 0 Å². The zero-order valence-electron chi connectivity index (χ0n) is 7.79. The zero-order valence-corrected chi connectivity index (χ0v) is 7.79. The highest BCUT2D eigenvalue weighted by Gasteiger charge is 2.09. The Morgan fingerprint density at radius 1 is 1.13 bits per heavy atom. The zero-order chi connectivity index (χ0) is 10.7. The molecule has 4 heteroatoms. The van der Waals surface area contributed by atoms with E-state index in [2.05, 4.69) is 10.2 Å². The van der Waals surface area contributed by atoms with E-state index in [0.717, 1.165) is 0 Å². The molecular formula is C11H8N2O2. The Morgan fingerprint density at radius 3 is 2.47 bits per heavy atom. The molecular weight excluding hydrogens is 192 g/mol. The number of hydrogen-bond acceptors (Lipinski definition) is 4. The van der Waals surface area contributed by atoms with Gasteiger partial charge in [0.05, 0.1) is 0 Å². The first-order chi connectivity index (χ1) is 7.27. The van der Waals surface area contributed by atoms with Gasteiger partial charge in [0.25, 0.3) is 0 Å². The molecule has 2 rings (SSSR count). The fourth-order valence-corrected chi connectivity index (χ4v) is 1.18. The van der Waals surface area contributed by atoms with E-state index in [1.807, 2.05) is 0 Å². The summed E-state index contributed by atoms with van der Waals surface area (Å²) in [5.74, 6) is -0.0752. The van der Waals surface area contributed by atoms with Crippen LogP contribution in [-0.2, 0) is 0 Å². The van der Waals surface area contributed by atoms with Crippen molar-refractivity contribution in [3.8, 4) is 5.75 Å². The predicted octanol–water partition coefficient (Wildman–Crippen LogP) is 1.41. The van der Waals surface area contributed by atoms with Crippen LogP contribution >= 0.6 is 0 Å². The Kier molecular flexibility index (Phi) is 2.41. The molecule has 0 radical (unpaired) electrons. The van der Waals surface area contributed by atoms with Crippen LogP contribution in [-0.4, -0.2) is 21.1 Å². The van der Waals surface area contributed by atoms with Crippen molar-refractivity contribution in [3.05, 3.63) is 53.9 Å². The Hall–Kier alpha value is -2.23. The van der Waals surface area contributed by atoms with Gasteiger partial charge in [-0.2, -0.15) is 5.10 Å². The minimum absolute atomic E-state index is 0.130. The van der Waals surface area contributed by atoms with Gasteiger partial charge in [0.15, 0.2) is 0 Å². The first-order valence-electron chi connectivity index (χ1n) is 4.39. The molecule has 0 aliphatic rings. The number of carbonyl (C=O) groups excluding carboxylic acids is 1. The molecule has 0 saturated heterocycles. The maximum Gasteiger partial charge on any atom is 0.213 e. The lowest BCUT2D eigenvalue weighted by molar-refractivity contribution is 0.103. The Labute approximate surface area is 86.2 Å². The van der Waals surface area contributed by atoms with E-state index in [4.69, 9.17) is 5.11 Å². The molecule has 1 aromatic heterocycles. The first kappa shape index (κ1) is 9.33. The summed E-state index contributed by atoms with van der Waals surface area (Å²) < 4.78 is 0. The SMILES string of the molecule is O=C(c1ccc(O)cc1)c1cccnn1. The molecule has 0 fully saturated rings. The van der Waals surface area contributed by atoms with E-state index >= 15 is 0 Å². The molecule has 0 amide bonds. The molecule has 2 aromatic rings. The number of hydrogen-bond donors (Lipinski definition) is 1. The number of phenols is 1. The van der Waals surface area contributed by atoms with Crippen LogP contribution < -0.4 is 0 Å². The number of aromatic nitrogens is 2. The van der Waals surface area contributed by atoms with Gasteiger partial charge in [-0.25, -0.2) is 0 Å². The molecule has 1 aromatic carbocycles. The third kappa shape index (κ3) is 1.99. The van der Waals surface area contributed by atoms with Gasteiger partial charge in [-0.05, 0) is 36.4 Å². The summed E-state index contributed by atoms with van der Waals surface area (Å²) in [6.45, 7) is 0. The molecule has 74 valence electrons. The highest BCUT2D eigenvalue weighted by Crippen LogP contribution is 2.12. The molecule has 1 N–H and O–H groups in total. The van der Waals surface area contributed by atoms with Crippen LogP contribution in [0, 0.1) is 0 Å². The smallest absolute Gasteiger partial charge is 0.213 e. The highest BCUT2D eigenvalue weighted by molar-refractivity contribution is 6.07. The van der Waals surface area contributed by atoms with E-state index in [1.54, 1.807) is 24.3 Å². The van der Waals surface area contributed by atoms with Gasteiger partial charge < -0.3 is 5.11 Å². The van der Waals surface area contributed by atoms with Crippen molar-refractivity contribution in [1.29, 1.82) is 0 Å². The molecule has 4 nitrogen and oxygen atoms in total. The largest absolute Gasteiger partial charge is 0.508 e. The Morgan fingerprint density at radius 2 is 1.87 bits per heavy atom.